The Morgan fingerprint density at radius 1 is 1.45 bits per heavy atom. The summed E-state index contributed by atoms with van der Waals surface area (Å²) in [6, 6.07) is 8.07. The molecule has 1 fully saturated rings. The molecule has 1 amide bonds. The van der Waals surface area contributed by atoms with Crippen molar-refractivity contribution >= 4 is 34.2 Å². The summed E-state index contributed by atoms with van der Waals surface area (Å²) in [6.45, 7) is 4.94. The molecule has 2 unspecified atom stereocenters. The van der Waals surface area contributed by atoms with E-state index in [1.807, 2.05) is 38.1 Å². The fraction of sp³-hybridized carbons (Fsp3) is 0.533. The van der Waals surface area contributed by atoms with Crippen LogP contribution in [0.5, 0.6) is 0 Å². The number of rotatable bonds is 3. The van der Waals surface area contributed by atoms with Crippen LogP contribution in [0.1, 0.15) is 44.7 Å². The Bertz CT molecular complexity index is 461. The third-order valence-electron chi connectivity index (χ3n) is 3.82. The molecular weight excluding hydrogens is 340 g/mol. The maximum Gasteiger partial charge on any atom is 0.240 e. The second-order valence-corrected chi connectivity index (χ2v) is 6.38. The highest BCUT2D eigenvalue weighted by Crippen LogP contribution is 2.22. The molecule has 0 spiro atoms. The molecule has 1 aromatic rings. The third kappa shape index (κ3) is 4.21. The zero-order valence-corrected chi connectivity index (χ0v) is 14.3. The lowest BCUT2D eigenvalue weighted by Gasteiger charge is -2.34. The minimum Gasteiger partial charge on any atom is -0.348 e. The van der Waals surface area contributed by atoms with Crippen molar-refractivity contribution in [1.29, 1.82) is 0 Å². The van der Waals surface area contributed by atoms with Gasteiger partial charge in [0.1, 0.15) is 0 Å². The van der Waals surface area contributed by atoms with E-state index in [2.05, 4.69) is 26.6 Å². The van der Waals surface area contributed by atoms with Gasteiger partial charge in [-0.25, -0.2) is 0 Å². The summed E-state index contributed by atoms with van der Waals surface area (Å²) in [5.41, 5.74) is 0.695. The number of hydrogen-bond acceptors (Lipinski definition) is 2. The number of nitrogens with one attached hydrogen (secondary N) is 2. The van der Waals surface area contributed by atoms with Gasteiger partial charge in [-0.2, -0.15) is 0 Å². The fourth-order valence-electron chi connectivity index (χ4n) is 2.47. The summed E-state index contributed by atoms with van der Waals surface area (Å²) in [5, 5.41) is 6.45. The highest BCUT2D eigenvalue weighted by Gasteiger charge is 2.34. The molecule has 2 atom stereocenters. The fourth-order valence-corrected chi connectivity index (χ4v) is 2.88. The molecule has 1 heterocycles. The Kier molecular flexibility index (Phi) is 6.49. The van der Waals surface area contributed by atoms with Crippen molar-refractivity contribution < 1.29 is 4.79 Å². The molecule has 1 aliphatic rings. The molecule has 5 heteroatoms. The van der Waals surface area contributed by atoms with Crippen LogP contribution in [0, 0.1) is 0 Å². The van der Waals surface area contributed by atoms with E-state index in [4.69, 9.17) is 0 Å². The predicted molar refractivity (Wildman–Crippen MR) is 88.2 cm³/mol. The maximum atomic E-state index is 12.4. The Morgan fingerprint density at radius 3 is 2.80 bits per heavy atom. The summed E-state index contributed by atoms with van der Waals surface area (Å²) in [4.78, 5) is 12.4. The Morgan fingerprint density at radius 2 is 2.20 bits per heavy atom. The number of amides is 1. The van der Waals surface area contributed by atoms with Crippen molar-refractivity contribution in [3.8, 4) is 0 Å². The van der Waals surface area contributed by atoms with Crippen LogP contribution >= 0.6 is 28.3 Å². The topological polar surface area (TPSA) is 41.1 Å². The first-order valence-electron chi connectivity index (χ1n) is 6.83. The number of hydrogen-bond donors (Lipinski definition) is 2. The van der Waals surface area contributed by atoms with E-state index < -0.39 is 5.54 Å². The van der Waals surface area contributed by atoms with Gasteiger partial charge in [-0.1, -0.05) is 28.1 Å². The molecule has 1 saturated heterocycles. The number of carbonyl (C=O) groups is 1. The summed E-state index contributed by atoms with van der Waals surface area (Å²) in [7, 11) is 0. The van der Waals surface area contributed by atoms with Crippen LogP contribution in [-0.2, 0) is 4.79 Å². The second kappa shape index (κ2) is 7.43. The van der Waals surface area contributed by atoms with Crippen LogP contribution < -0.4 is 10.6 Å². The zero-order valence-electron chi connectivity index (χ0n) is 11.9. The van der Waals surface area contributed by atoms with Gasteiger partial charge in [-0.15, -0.1) is 12.4 Å². The van der Waals surface area contributed by atoms with Crippen molar-refractivity contribution in [1.82, 2.24) is 10.6 Å². The maximum absolute atomic E-state index is 12.4. The highest BCUT2D eigenvalue weighted by atomic mass is 79.9. The van der Waals surface area contributed by atoms with Gasteiger partial charge in [0.05, 0.1) is 11.6 Å². The zero-order chi connectivity index (χ0) is 13.9. The molecule has 1 aromatic carbocycles. The van der Waals surface area contributed by atoms with E-state index in [-0.39, 0.29) is 24.4 Å². The van der Waals surface area contributed by atoms with Crippen LogP contribution in [0.15, 0.2) is 28.7 Å². The quantitative estimate of drug-likeness (QED) is 0.864. The lowest BCUT2D eigenvalue weighted by Crippen LogP contribution is -2.57. The van der Waals surface area contributed by atoms with Crippen LogP contribution in [0.2, 0.25) is 0 Å². The minimum absolute atomic E-state index is 0. The molecule has 0 saturated carbocycles. The van der Waals surface area contributed by atoms with Gasteiger partial charge in [0.25, 0.3) is 0 Å². The first-order chi connectivity index (χ1) is 9.01. The Labute approximate surface area is 135 Å². The predicted octanol–water partition coefficient (Wildman–Crippen LogP) is 3.58. The van der Waals surface area contributed by atoms with Gasteiger partial charge in [0.15, 0.2) is 0 Å². The van der Waals surface area contributed by atoms with Gasteiger partial charge < -0.3 is 10.6 Å². The summed E-state index contributed by atoms with van der Waals surface area (Å²) < 4.78 is 1.04. The number of carbonyl (C=O) groups excluding carboxylic acids is 1. The molecular formula is C15H22BrClN2O. The summed E-state index contributed by atoms with van der Waals surface area (Å²) >= 11 is 3.46. The molecule has 0 radical (unpaired) electrons. The monoisotopic (exact) mass is 360 g/mol. The van der Waals surface area contributed by atoms with E-state index in [1.54, 1.807) is 0 Å². The lowest BCUT2D eigenvalue weighted by molar-refractivity contribution is -0.128. The van der Waals surface area contributed by atoms with Crippen LogP contribution in [0.3, 0.4) is 0 Å². The minimum atomic E-state index is -0.418. The molecule has 0 aromatic heterocycles. The third-order valence-corrected chi connectivity index (χ3v) is 4.31. The van der Waals surface area contributed by atoms with Gasteiger partial charge >= 0.3 is 0 Å². The molecule has 2 rings (SSSR count). The molecule has 112 valence electrons. The van der Waals surface area contributed by atoms with Crippen molar-refractivity contribution in [2.75, 3.05) is 6.54 Å². The van der Waals surface area contributed by atoms with Crippen LogP contribution in [0.25, 0.3) is 0 Å². The van der Waals surface area contributed by atoms with Crippen molar-refractivity contribution in [2.24, 2.45) is 0 Å². The van der Waals surface area contributed by atoms with E-state index >= 15 is 0 Å². The molecule has 2 N–H and O–H groups in total. The molecule has 20 heavy (non-hydrogen) atoms. The highest BCUT2D eigenvalue weighted by molar-refractivity contribution is 9.10. The normalized spacial score (nSPS) is 23.6. The Hall–Kier alpha value is -0.580. The van der Waals surface area contributed by atoms with Crippen LogP contribution in [-0.4, -0.2) is 18.0 Å². The number of piperidine rings is 1. The van der Waals surface area contributed by atoms with Gasteiger partial charge in [-0.3, -0.25) is 4.79 Å². The van der Waals surface area contributed by atoms with E-state index in [0.717, 1.165) is 35.8 Å². The molecule has 1 aliphatic heterocycles. The average Bonchev–Trinajstić information content (AvgIpc) is 2.39. The van der Waals surface area contributed by atoms with Gasteiger partial charge in [-0.05, 0) is 57.4 Å². The first-order valence-corrected chi connectivity index (χ1v) is 7.62. The van der Waals surface area contributed by atoms with Crippen molar-refractivity contribution in [3.05, 3.63) is 34.3 Å². The van der Waals surface area contributed by atoms with Gasteiger partial charge in [0, 0.05) is 4.47 Å². The van der Waals surface area contributed by atoms with E-state index in [1.165, 1.54) is 0 Å². The first kappa shape index (κ1) is 17.5. The number of benzene rings is 1. The average molecular weight is 362 g/mol. The molecule has 0 bridgehead atoms. The summed E-state index contributed by atoms with van der Waals surface area (Å²) in [6.07, 6.45) is 3.18. The SMILES string of the molecule is CC(NC(=O)C1(C)CCCCN1)c1cccc(Br)c1.Cl. The molecule has 3 nitrogen and oxygen atoms in total. The standard InChI is InChI=1S/C15H21BrN2O.ClH/c1-11(12-6-5-7-13(16)10-12)18-14(19)15(2)8-3-4-9-17-15;/h5-7,10-11,17H,3-4,8-9H2,1-2H3,(H,18,19);1H. The van der Waals surface area contributed by atoms with Crippen molar-refractivity contribution in [3.63, 3.8) is 0 Å². The van der Waals surface area contributed by atoms with Crippen molar-refractivity contribution in [2.45, 2.75) is 44.7 Å². The molecule has 0 aliphatic carbocycles. The largest absolute Gasteiger partial charge is 0.348 e. The number of halogens is 2. The van der Waals surface area contributed by atoms with Gasteiger partial charge in [0.2, 0.25) is 5.91 Å². The second-order valence-electron chi connectivity index (χ2n) is 5.47. The lowest BCUT2D eigenvalue weighted by atomic mass is 9.89. The smallest absolute Gasteiger partial charge is 0.240 e. The Balaban J connectivity index is 0.00000200. The van der Waals surface area contributed by atoms with E-state index in [0.29, 0.717) is 0 Å². The summed E-state index contributed by atoms with van der Waals surface area (Å²) in [5.74, 6) is 0.0969. The van der Waals surface area contributed by atoms with Crippen LogP contribution in [0.4, 0.5) is 0 Å². The van der Waals surface area contributed by atoms with E-state index in [9.17, 15) is 4.79 Å².